The van der Waals surface area contributed by atoms with Gasteiger partial charge < -0.3 is 5.73 Å². The predicted molar refractivity (Wildman–Crippen MR) is 86.9 cm³/mol. The highest BCUT2D eigenvalue weighted by Gasteiger charge is 2.16. The van der Waals surface area contributed by atoms with Crippen LogP contribution >= 0.6 is 15.9 Å². The summed E-state index contributed by atoms with van der Waals surface area (Å²) < 4.78 is 3.11. The number of hydrogen-bond acceptors (Lipinski definition) is 2. The smallest absolute Gasteiger partial charge is 0.0738 e. The van der Waals surface area contributed by atoms with Gasteiger partial charge in [0.1, 0.15) is 0 Å². The lowest BCUT2D eigenvalue weighted by molar-refractivity contribution is 0.586. The number of rotatable bonds is 4. The van der Waals surface area contributed by atoms with Crippen LogP contribution in [0.2, 0.25) is 0 Å². The molecule has 0 saturated heterocycles. The highest BCUT2D eigenvalue weighted by atomic mass is 79.9. The summed E-state index contributed by atoms with van der Waals surface area (Å²) in [6.45, 7) is 9.23. The molecule has 0 spiro atoms. The number of nitrogens with two attached hydrogens (primary N) is 1. The van der Waals surface area contributed by atoms with Crippen molar-refractivity contribution in [2.45, 2.75) is 46.7 Å². The van der Waals surface area contributed by atoms with E-state index in [2.05, 4.69) is 60.0 Å². The molecule has 1 aromatic heterocycles. The van der Waals surface area contributed by atoms with E-state index in [1.54, 1.807) is 0 Å². The Labute approximate surface area is 129 Å². The van der Waals surface area contributed by atoms with E-state index in [1.165, 1.54) is 22.4 Å². The Bertz CT molecular complexity index is 616. The second-order valence-electron chi connectivity index (χ2n) is 5.32. The minimum absolute atomic E-state index is 0.00741. The molecule has 0 amide bonds. The van der Waals surface area contributed by atoms with Crippen LogP contribution in [0.25, 0.3) is 0 Å². The molecule has 0 fully saturated rings. The Morgan fingerprint density at radius 3 is 2.55 bits per heavy atom. The van der Waals surface area contributed by atoms with Gasteiger partial charge in [0.15, 0.2) is 0 Å². The van der Waals surface area contributed by atoms with Crippen molar-refractivity contribution in [1.29, 1.82) is 0 Å². The van der Waals surface area contributed by atoms with Gasteiger partial charge in [0, 0.05) is 19.0 Å². The van der Waals surface area contributed by atoms with Gasteiger partial charge in [-0.3, -0.25) is 4.68 Å². The third kappa shape index (κ3) is 2.96. The van der Waals surface area contributed by atoms with Crippen molar-refractivity contribution in [3.05, 3.63) is 50.8 Å². The molecule has 1 atom stereocenters. The minimum Gasteiger partial charge on any atom is -0.324 e. The van der Waals surface area contributed by atoms with E-state index >= 15 is 0 Å². The van der Waals surface area contributed by atoms with Crippen molar-refractivity contribution in [2.75, 3.05) is 0 Å². The van der Waals surface area contributed by atoms with Gasteiger partial charge in [0.2, 0.25) is 0 Å². The first-order valence-electron chi connectivity index (χ1n) is 6.98. The Morgan fingerprint density at radius 1 is 1.25 bits per heavy atom. The van der Waals surface area contributed by atoms with E-state index in [9.17, 15) is 0 Å². The lowest BCUT2D eigenvalue weighted by Gasteiger charge is -2.15. The van der Waals surface area contributed by atoms with Crippen LogP contribution in [0.3, 0.4) is 0 Å². The lowest BCUT2D eigenvalue weighted by atomic mass is 9.98. The quantitative estimate of drug-likeness (QED) is 0.922. The Morgan fingerprint density at radius 2 is 1.95 bits per heavy atom. The summed E-state index contributed by atoms with van der Waals surface area (Å²) in [5.41, 5.74) is 12.4. The zero-order chi connectivity index (χ0) is 14.9. The summed E-state index contributed by atoms with van der Waals surface area (Å²) in [6.07, 6.45) is 0.789. The van der Waals surface area contributed by atoms with Gasteiger partial charge >= 0.3 is 0 Å². The first-order chi connectivity index (χ1) is 9.43. The van der Waals surface area contributed by atoms with Crippen molar-refractivity contribution in [1.82, 2.24) is 9.78 Å². The molecular formula is C16H22BrN3. The Balaban J connectivity index is 2.27. The van der Waals surface area contributed by atoms with Crippen LogP contribution < -0.4 is 5.73 Å². The Hall–Kier alpha value is -1.13. The van der Waals surface area contributed by atoms with Crippen LogP contribution in [0.15, 0.2) is 22.7 Å². The average Bonchev–Trinajstić information content (AvgIpc) is 2.69. The highest BCUT2D eigenvalue weighted by Crippen LogP contribution is 2.26. The number of aromatic nitrogens is 2. The van der Waals surface area contributed by atoms with Gasteiger partial charge in [0.05, 0.1) is 15.9 Å². The SMILES string of the molecule is CCn1nc(C)c(Br)c1CC(N)c1ccc(C)c(C)c1. The van der Waals surface area contributed by atoms with Crippen LogP contribution in [0.5, 0.6) is 0 Å². The van der Waals surface area contributed by atoms with Gasteiger partial charge in [-0.05, 0) is 60.3 Å². The molecule has 1 aromatic carbocycles. The molecule has 1 heterocycles. The van der Waals surface area contributed by atoms with Crippen LogP contribution in [-0.4, -0.2) is 9.78 Å². The zero-order valence-electron chi connectivity index (χ0n) is 12.6. The molecule has 0 radical (unpaired) electrons. The van der Waals surface area contributed by atoms with Crippen molar-refractivity contribution < 1.29 is 0 Å². The topological polar surface area (TPSA) is 43.8 Å². The van der Waals surface area contributed by atoms with Crippen molar-refractivity contribution in [3.8, 4) is 0 Å². The molecular weight excluding hydrogens is 314 g/mol. The molecule has 4 heteroatoms. The molecule has 20 heavy (non-hydrogen) atoms. The third-order valence-electron chi connectivity index (χ3n) is 3.83. The third-order valence-corrected chi connectivity index (χ3v) is 4.86. The number of halogens is 1. The number of nitrogens with zero attached hydrogens (tertiary/aromatic N) is 2. The fourth-order valence-electron chi connectivity index (χ4n) is 2.39. The van der Waals surface area contributed by atoms with Gasteiger partial charge in [-0.25, -0.2) is 0 Å². The summed E-state index contributed by atoms with van der Waals surface area (Å²) in [5, 5.41) is 4.52. The van der Waals surface area contributed by atoms with Crippen molar-refractivity contribution in [2.24, 2.45) is 5.73 Å². The molecule has 2 rings (SSSR count). The predicted octanol–water partition coefficient (Wildman–Crippen LogP) is 3.83. The largest absolute Gasteiger partial charge is 0.324 e. The molecule has 3 nitrogen and oxygen atoms in total. The van der Waals surface area contributed by atoms with E-state index in [0.717, 1.165) is 23.1 Å². The normalized spacial score (nSPS) is 12.7. The molecule has 2 aromatic rings. The van der Waals surface area contributed by atoms with Crippen LogP contribution in [0, 0.1) is 20.8 Å². The van der Waals surface area contributed by atoms with E-state index in [1.807, 2.05) is 11.6 Å². The summed E-state index contributed by atoms with van der Waals surface area (Å²) >= 11 is 3.63. The maximum atomic E-state index is 6.39. The molecule has 0 bridgehead atoms. The first-order valence-corrected chi connectivity index (χ1v) is 7.77. The van der Waals surface area contributed by atoms with Crippen LogP contribution in [0.4, 0.5) is 0 Å². The Kier molecular flexibility index (Phi) is 4.66. The zero-order valence-corrected chi connectivity index (χ0v) is 14.2. The lowest BCUT2D eigenvalue weighted by Crippen LogP contribution is -2.16. The number of benzene rings is 1. The molecule has 0 aliphatic rings. The second kappa shape index (κ2) is 6.10. The van der Waals surface area contributed by atoms with E-state index in [0.29, 0.717) is 0 Å². The number of aryl methyl sites for hydroxylation is 4. The summed E-state index contributed by atoms with van der Waals surface area (Å²) in [7, 11) is 0. The summed E-state index contributed by atoms with van der Waals surface area (Å²) in [5.74, 6) is 0. The van der Waals surface area contributed by atoms with Gasteiger partial charge in [-0.2, -0.15) is 5.10 Å². The average molecular weight is 336 g/mol. The highest BCUT2D eigenvalue weighted by molar-refractivity contribution is 9.10. The van der Waals surface area contributed by atoms with Gasteiger partial charge in [0.25, 0.3) is 0 Å². The van der Waals surface area contributed by atoms with E-state index in [-0.39, 0.29) is 6.04 Å². The van der Waals surface area contributed by atoms with E-state index < -0.39 is 0 Å². The molecule has 108 valence electrons. The molecule has 0 aliphatic carbocycles. The molecule has 0 saturated carbocycles. The molecule has 2 N–H and O–H groups in total. The van der Waals surface area contributed by atoms with Gasteiger partial charge in [-0.15, -0.1) is 0 Å². The minimum atomic E-state index is -0.00741. The van der Waals surface area contributed by atoms with Crippen LogP contribution in [-0.2, 0) is 13.0 Å². The fraction of sp³-hybridized carbons (Fsp3) is 0.438. The van der Waals surface area contributed by atoms with E-state index in [4.69, 9.17) is 5.73 Å². The van der Waals surface area contributed by atoms with Gasteiger partial charge in [-0.1, -0.05) is 18.2 Å². The maximum Gasteiger partial charge on any atom is 0.0738 e. The van der Waals surface area contributed by atoms with Crippen LogP contribution in [0.1, 0.15) is 41.0 Å². The second-order valence-corrected chi connectivity index (χ2v) is 6.11. The first kappa shape index (κ1) is 15.3. The van der Waals surface area contributed by atoms with Crippen molar-refractivity contribution >= 4 is 15.9 Å². The maximum absolute atomic E-state index is 6.39. The number of hydrogen-bond donors (Lipinski definition) is 1. The molecule has 1 unspecified atom stereocenters. The molecule has 0 aliphatic heterocycles. The summed E-state index contributed by atoms with van der Waals surface area (Å²) in [4.78, 5) is 0. The fourth-order valence-corrected chi connectivity index (χ4v) is 2.83. The standard InChI is InChI=1S/C16H22BrN3/c1-5-20-15(16(17)12(4)19-20)9-14(18)13-7-6-10(2)11(3)8-13/h6-8,14H,5,9,18H2,1-4H3. The van der Waals surface area contributed by atoms with Crippen molar-refractivity contribution in [3.63, 3.8) is 0 Å². The monoisotopic (exact) mass is 335 g/mol. The summed E-state index contributed by atoms with van der Waals surface area (Å²) in [6, 6.07) is 6.45.